The molecule has 0 saturated heterocycles. The fourth-order valence-corrected chi connectivity index (χ4v) is 0.609. The molecule has 80 valence electrons. The van der Waals surface area contributed by atoms with Gasteiger partial charge in [-0.25, -0.2) is 0 Å². The summed E-state index contributed by atoms with van der Waals surface area (Å²) in [6.45, 7) is 0. The van der Waals surface area contributed by atoms with Crippen molar-refractivity contribution in [1.29, 1.82) is 0 Å². The van der Waals surface area contributed by atoms with Gasteiger partial charge in [0.1, 0.15) is 0 Å². The highest BCUT2D eigenvalue weighted by Gasteiger charge is 2.68. The second-order valence-corrected chi connectivity index (χ2v) is 2.94. The van der Waals surface area contributed by atoms with Gasteiger partial charge in [0.15, 0.2) is 4.83 Å². The Balaban J connectivity index is 4.86. The first-order chi connectivity index (χ1) is 5.40. The molecule has 0 rings (SSSR count). The maximum Gasteiger partial charge on any atom is 0.454 e. The maximum absolute atomic E-state index is 11.9. The molecule has 0 radical (unpaired) electrons. The number of halogens is 9. The molecule has 0 heterocycles. The zero-order valence-corrected chi connectivity index (χ0v) is 7.07. The van der Waals surface area contributed by atoms with Gasteiger partial charge >= 0.3 is 18.3 Å². The lowest BCUT2D eigenvalue weighted by molar-refractivity contribution is -0.307. The molecule has 9 heteroatoms. The second kappa shape index (κ2) is 3.25. The predicted octanol–water partition coefficient (Wildman–Crippen LogP) is 3.51. The van der Waals surface area contributed by atoms with E-state index in [1.165, 1.54) is 15.9 Å². The van der Waals surface area contributed by atoms with E-state index in [-0.39, 0.29) is 0 Å². The molecular weight excluding hydrogens is 280 g/mol. The summed E-state index contributed by atoms with van der Waals surface area (Å²) >= 11 is 1.26. The van der Waals surface area contributed by atoms with Gasteiger partial charge in [-0.05, 0) is 0 Å². The molecule has 0 nitrogen and oxygen atoms in total. The Morgan fingerprint density at radius 1 is 0.769 bits per heavy atom. The number of hydrogen-bond acceptors (Lipinski definition) is 0. The topological polar surface area (TPSA) is 0 Å². The summed E-state index contributed by atoms with van der Waals surface area (Å²) in [5.41, 5.74) is 0. The average Bonchev–Trinajstić information content (AvgIpc) is 1.81. The van der Waals surface area contributed by atoms with Crippen LogP contribution in [-0.4, -0.2) is 23.1 Å². The quantitative estimate of drug-likeness (QED) is 0.509. The summed E-state index contributed by atoms with van der Waals surface area (Å²) in [6.07, 6.45) is -11.9. The molecule has 0 saturated carbocycles. The van der Waals surface area contributed by atoms with E-state index in [1.54, 1.807) is 0 Å². The number of hydrogen-bond donors (Lipinski definition) is 0. The fraction of sp³-hybridized carbons (Fsp3) is 1.00. The van der Waals surface area contributed by atoms with Crippen LogP contribution in [0.25, 0.3) is 0 Å². The van der Waals surface area contributed by atoms with E-state index in [4.69, 9.17) is 0 Å². The van der Waals surface area contributed by atoms with Gasteiger partial charge in [0.2, 0.25) is 0 Å². The molecule has 1 unspecified atom stereocenters. The molecule has 13 heavy (non-hydrogen) atoms. The first-order valence-electron chi connectivity index (χ1n) is 2.56. The molecule has 0 aliphatic carbocycles. The van der Waals surface area contributed by atoms with Gasteiger partial charge in [0.25, 0.3) is 0 Å². The van der Waals surface area contributed by atoms with Crippen molar-refractivity contribution in [3.05, 3.63) is 0 Å². The Morgan fingerprint density at radius 2 is 1.08 bits per heavy atom. The van der Waals surface area contributed by atoms with Gasteiger partial charge in [0.05, 0.1) is 0 Å². The van der Waals surface area contributed by atoms with Crippen molar-refractivity contribution < 1.29 is 35.1 Å². The molecule has 0 fully saturated rings. The molecule has 1 atom stereocenters. The minimum atomic E-state index is -6.23. The summed E-state index contributed by atoms with van der Waals surface area (Å²) < 4.78 is 92.2. The third kappa shape index (κ3) is 2.68. The van der Waals surface area contributed by atoms with Crippen LogP contribution in [0.3, 0.4) is 0 Å². The third-order valence-corrected chi connectivity index (χ3v) is 2.08. The van der Waals surface area contributed by atoms with Crippen molar-refractivity contribution >= 4 is 15.9 Å². The molecule has 0 aromatic heterocycles. The third-order valence-electron chi connectivity index (χ3n) is 0.984. The van der Waals surface area contributed by atoms with E-state index in [0.717, 1.165) is 0 Å². The van der Waals surface area contributed by atoms with Crippen LogP contribution in [0.2, 0.25) is 0 Å². The van der Waals surface area contributed by atoms with Crippen molar-refractivity contribution in [2.75, 3.05) is 0 Å². The van der Waals surface area contributed by atoms with Crippen LogP contribution in [0.15, 0.2) is 0 Å². The van der Waals surface area contributed by atoms with Gasteiger partial charge in [-0.1, -0.05) is 15.9 Å². The van der Waals surface area contributed by atoms with Crippen molar-refractivity contribution in [1.82, 2.24) is 0 Å². The van der Waals surface area contributed by atoms with E-state index in [2.05, 4.69) is 0 Å². The lowest BCUT2D eigenvalue weighted by Gasteiger charge is -2.25. The lowest BCUT2D eigenvalue weighted by Crippen LogP contribution is -2.50. The molecule has 0 amide bonds. The first-order valence-corrected chi connectivity index (χ1v) is 3.47. The SMILES string of the molecule is FC(F)(F)C(Br)C(F)(F)C(F)(F)F. The van der Waals surface area contributed by atoms with E-state index in [1.807, 2.05) is 0 Å². The van der Waals surface area contributed by atoms with Gasteiger partial charge in [-0.3, -0.25) is 0 Å². The summed E-state index contributed by atoms with van der Waals surface area (Å²) in [6, 6.07) is 0. The first kappa shape index (κ1) is 12.9. The lowest BCUT2D eigenvalue weighted by atomic mass is 10.2. The Kier molecular flexibility index (Phi) is 3.23. The van der Waals surface area contributed by atoms with Crippen LogP contribution >= 0.6 is 15.9 Å². The van der Waals surface area contributed by atoms with Crippen LogP contribution in [-0.2, 0) is 0 Å². The van der Waals surface area contributed by atoms with Gasteiger partial charge < -0.3 is 0 Å². The minimum absolute atomic E-state index is 1.26. The predicted molar refractivity (Wildman–Crippen MR) is 29.8 cm³/mol. The largest absolute Gasteiger partial charge is 0.454 e. The molecule has 0 bridgehead atoms. The highest BCUT2D eigenvalue weighted by Crippen LogP contribution is 2.46. The Morgan fingerprint density at radius 3 is 1.15 bits per heavy atom. The monoisotopic (exact) mass is 280 g/mol. The number of rotatable bonds is 1. The van der Waals surface area contributed by atoms with E-state index >= 15 is 0 Å². The summed E-state index contributed by atoms with van der Waals surface area (Å²) in [7, 11) is 0. The van der Waals surface area contributed by atoms with E-state index in [0.29, 0.717) is 0 Å². The van der Waals surface area contributed by atoms with Crippen LogP contribution in [0, 0.1) is 0 Å². The molecule has 0 spiro atoms. The maximum atomic E-state index is 11.9. The summed E-state index contributed by atoms with van der Waals surface area (Å²) in [5, 5.41) is 0. The molecule has 0 aromatic rings. The molecular formula is C4HBrF8. The Labute approximate surface area is 75.0 Å². The molecule has 0 aliphatic rings. The fourth-order valence-electron chi connectivity index (χ4n) is 0.349. The van der Waals surface area contributed by atoms with E-state index < -0.39 is 23.1 Å². The van der Waals surface area contributed by atoms with Crippen LogP contribution in [0.5, 0.6) is 0 Å². The Bertz CT molecular complexity index is 178. The van der Waals surface area contributed by atoms with Crippen molar-refractivity contribution in [3.63, 3.8) is 0 Å². The van der Waals surface area contributed by atoms with Gasteiger partial charge in [0, 0.05) is 0 Å². The molecule has 0 aliphatic heterocycles. The van der Waals surface area contributed by atoms with Crippen molar-refractivity contribution in [2.24, 2.45) is 0 Å². The summed E-state index contributed by atoms with van der Waals surface area (Å²) in [5.74, 6) is -5.83. The van der Waals surface area contributed by atoms with Crippen molar-refractivity contribution in [3.8, 4) is 0 Å². The number of alkyl halides is 9. The zero-order valence-electron chi connectivity index (χ0n) is 5.48. The zero-order chi connectivity index (χ0) is 11.1. The van der Waals surface area contributed by atoms with Crippen LogP contribution in [0.4, 0.5) is 35.1 Å². The molecule has 0 N–H and O–H groups in total. The summed E-state index contributed by atoms with van der Waals surface area (Å²) in [4.78, 5) is -3.92. The van der Waals surface area contributed by atoms with Gasteiger partial charge in [-0.15, -0.1) is 0 Å². The van der Waals surface area contributed by atoms with Crippen LogP contribution < -0.4 is 0 Å². The van der Waals surface area contributed by atoms with Crippen LogP contribution in [0.1, 0.15) is 0 Å². The average molecular weight is 281 g/mol. The normalized spacial score (nSPS) is 17.3. The van der Waals surface area contributed by atoms with E-state index in [9.17, 15) is 35.1 Å². The van der Waals surface area contributed by atoms with Gasteiger partial charge in [-0.2, -0.15) is 35.1 Å². The van der Waals surface area contributed by atoms with Crippen molar-refractivity contribution in [2.45, 2.75) is 23.1 Å². The second-order valence-electron chi connectivity index (χ2n) is 2.02. The highest BCUT2D eigenvalue weighted by molar-refractivity contribution is 9.09. The smallest absolute Gasteiger partial charge is 0.195 e. The minimum Gasteiger partial charge on any atom is -0.195 e. The Hall–Kier alpha value is -0.0800. The standard InChI is InChI=1S/C4HBrF8/c5-1(3(8,9)10)2(6,7)4(11,12)13/h1H. The highest BCUT2D eigenvalue weighted by atomic mass is 79.9. The molecule has 0 aromatic carbocycles.